The van der Waals surface area contributed by atoms with Crippen LogP contribution in [0.1, 0.15) is 139 Å². The summed E-state index contributed by atoms with van der Waals surface area (Å²) in [5.74, 6) is -0.393. The average molecular weight is 724 g/mol. The molecule has 3 heterocycles. The molecule has 0 unspecified atom stereocenters. The molecule has 10 nitrogen and oxygen atoms in total. The standard InChI is InChI=1S/C39H73N3O7Si/c1-12-14-29(41-42-40)22-31-17-19-34(47-31)26(4)37(43)27(5)35-20-21-36(49-35)28(6)38(44)48-30(15-13-2)23-32-16-18-33(46-32)25(3)24-45-50(10,11)39(7,8)9/h25-37,43H,12-24H2,1-11H3/t25-,26-,27-,28-,29-,30+,31+,32+,33-,34-,35+,36-,37+/m1/s1. The van der Waals surface area contributed by atoms with Crippen LogP contribution >= 0.6 is 0 Å². The van der Waals surface area contributed by atoms with Crippen molar-refractivity contribution in [3.05, 3.63) is 10.4 Å². The van der Waals surface area contributed by atoms with Gasteiger partial charge >= 0.3 is 5.97 Å². The second-order valence-corrected chi connectivity index (χ2v) is 22.4. The minimum atomic E-state index is -1.80. The smallest absolute Gasteiger partial charge is 0.311 e. The fraction of sp³-hybridized carbons (Fsp3) is 0.974. The molecule has 11 heteroatoms. The van der Waals surface area contributed by atoms with Gasteiger partial charge in [-0.1, -0.05) is 73.3 Å². The van der Waals surface area contributed by atoms with E-state index >= 15 is 0 Å². The maximum absolute atomic E-state index is 13.5. The van der Waals surface area contributed by atoms with Gasteiger partial charge in [0.1, 0.15) is 6.10 Å². The Kier molecular flexibility index (Phi) is 17.1. The zero-order valence-corrected chi connectivity index (χ0v) is 34.4. The van der Waals surface area contributed by atoms with Crippen LogP contribution in [0.25, 0.3) is 10.4 Å². The number of ether oxygens (including phenoxy) is 4. The highest BCUT2D eigenvalue weighted by atomic mass is 28.4. The van der Waals surface area contributed by atoms with Crippen LogP contribution in [0, 0.1) is 23.7 Å². The first-order chi connectivity index (χ1) is 23.5. The molecule has 290 valence electrons. The van der Waals surface area contributed by atoms with Gasteiger partial charge in [-0.15, -0.1) is 0 Å². The van der Waals surface area contributed by atoms with Gasteiger partial charge in [-0.25, -0.2) is 0 Å². The highest BCUT2D eigenvalue weighted by Crippen LogP contribution is 2.39. The molecule has 3 aliphatic rings. The van der Waals surface area contributed by atoms with E-state index in [2.05, 4.69) is 78.5 Å². The van der Waals surface area contributed by atoms with E-state index in [9.17, 15) is 9.90 Å². The molecular weight excluding hydrogens is 651 g/mol. The second-order valence-electron chi connectivity index (χ2n) is 17.6. The first-order valence-electron chi connectivity index (χ1n) is 20.0. The summed E-state index contributed by atoms with van der Waals surface area (Å²) in [4.78, 5) is 16.5. The van der Waals surface area contributed by atoms with Crippen molar-refractivity contribution in [3.63, 3.8) is 0 Å². The molecule has 0 saturated carbocycles. The monoisotopic (exact) mass is 724 g/mol. The van der Waals surface area contributed by atoms with Gasteiger partial charge < -0.3 is 28.5 Å². The minimum Gasteiger partial charge on any atom is -0.462 e. The predicted octanol–water partition coefficient (Wildman–Crippen LogP) is 9.53. The fourth-order valence-corrected chi connectivity index (χ4v) is 8.95. The number of aliphatic hydroxyl groups is 1. The molecule has 3 fully saturated rings. The van der Waals surface area contributed by atoms with E-state index in [0.29, 0.717) is 5.92 Å². The van der Waals surface area contributed by atoms with Gasteiger partial charge in [-0.2, -0.15) is 0 Å². The lowest BCUT2D eigenvalue weighted by Gasteiger charge is -2.37. The number of carbonyl (C=O) groups excluding carboxylic acids is 1. The highest BCUT2D eigenvalue weighted by Gasteiger charge is 2.43. The Hall–Kier alpha value is -1.20. The van der Waals surface area contributed by atoms with Crippen molar-refractivity contribution in [2.45, 2.75) is 212 Å². The van der Waals surface area contributed by atoms with Crippen LogP contribution in [-0.2, 0) is 28.2 Å². The van der Waals surface area contributed by atoms with E-state index in [-0.39, 0.29) is 77.5 Å². The van der Waals surface area contributed by atoms with Crippen LogP contribution < -0.4 is 0 Å². The first-order valence-corrected chi connectivity index (χ1v) is 22.9. The van der Waals surface area contributed by atoms with Crippen LogP contribution in [0.4, 0.5) is 0 Å². The Bertz CT molecular complexity index is 1080. The largest absolute Gasteiger partial charge is 0.462 e. The third-order valence-corrected chi connectivity index (χ3v) is 17.0. The van der Waals surface area contributed by atoms with Crippen molar-refractivity contribution in [3.8, 4) is 0 Å². The molecule has 0 aromatic heterocycles. The van der Waals surface area contributed by atoms with Crippen LogP contribution in [0.2, 0.25) is 18.1 Å². The molecule has 0 bridgehead atoms. The van der Waals surface area contributed by atoms with Crippen LogP contribution in [-0.4, -0.2) is 80.9 Å². The molecular formula is C39H73N3O7Si. The van der Waals surface area contributed by atoms with E-state index in [0.717, 1.165) is 83.7 Å². The lowest BCUT2D eigenvalue weighted by molar-refractivity contribution is -0.162. The summed E-state index contributed by atoms with van der Waals surface area (Å²) in [5, 5.41) is 15.6. The van der Waals surface area contributed by atoms with Gasteiger partial charge in [0.25, 0.3) is 0 Å². The molecule has 1 N–H and O–H groups in total. The molecule has 0 aromatic rings. The maximum atomic E-state index is 13.5. The van der Waals surface area contributed by atoms with E-state index < -0.39 is 14.4 Å². The number of nitrogens with zero attached hydrogens (tertiary/aromatic N) is 3. The summed E-state index contributed by atoms with van der Waals surface area (Å²) in [5.41, 5.74) is 8.92. The predicted molar refractivity (Wildman–Crippen MR) is 201 cm³/mol. The molecule has 0 aromatic carbocycles. The van der Waals surface area contributed by atoms with E-state index in [1.807, 2.05) is 6.92 Å². The Labute approximate surface area is 305 Å². The third-order valence-electron chi connectivity index (χ3n) is 12.5. The summed E-state index contributed by atoms with van der Waals surface area (Å²) >= 11 is 0. The van der Waals surface area contributed by atoms with Crippen molar-refractivity contribution in [2.24, 2.45) is 28.8 Å². The normalized spacial score (nSPS) is 30.2. The van der Waals surface area contributed by atoms with Crippen molar-refractivity contribution in [2.75, 3.05) is 6.61 Å². The van der Waals surface area contributed by atoms with Crippen molar-refractivity contribution in [1.82, 2.24) is 0 Å². The zero-order chi connectivity index (χ0) is 37.2. The molecule has 3 aliphatic heterocycles. The Morgan fingerprint density at radius 1 is 0.860 bits per heavy atom. The average Bonchev–Trinajstić information content (AvgIpc) is 3.84. The summed E-state index contributed by atoms with van der Waals surface area (Å²) in [6, 6.07) is -0.0437. The fourth-order valence-electron chi connectivity index (χ4n) is 7.84. The second kappa shape index (κ2) is 19.8. The molecule has 0 amide bonds. The van der Waals surface area contributed by atoms with Crippen LogP contribution in [0.5, 0.6) is 0 Å². The quantitative estimate of drug-likeness (QED) is 0.0435. The Balaban J connectivity index is 1.45. The van der Waals surface area contributed by atoms with Gasteiger partial charge in [-0.05, 0) is 88.4 Å². The summed E-state index contributed by atoms with van der Waals surface area (Å²) < 4.78 is 32.0. The minimum absolute atomic E-state index is 0.0367. The Morgan fingerprint density at radius 2 is 1.40 bits per heavy atom. The van der Waals surface area contributed by atoms with E-state index in [1.165, 1.54) is 0 Å². The molecule has 3 saturated heterocycles. The SMILES string of the molecule is CCC[C@H](C[C@@H]1CC[C@H]([C@@H](C)[C@H](O)[C@H](C)[C@@H]2CC[C@H]([C@@H](C)C(=O)O[C@@H](CCC)C[C@@H]3CC[C@H]([C@H](C)CO[Si](C)(C)C(C)(C)C)O3)O2)O1)N=[N+]=[N-]. The van der Waals surface area contributed by atoms with Gasteiger partial charge in [0.2, 0.25) is 0 Å². The molecule has 13 atom stereocenters. The molecule has 0 aliphatic carbocycles. The number of hydrogen-bond donors (Lipinski definition) is 1. The number of aliphatic hydroxyl groups excluding tert-OH is 1. The lowest BCUT2D eigenvalue weighted by atomic mass is 9.84. The number of rotatable bonds is 20. The molecule has 3 rings (SSSR count). The molecule has 50 heavy (non-hydrogen) atoms. The molecule has 0 radical (unpaired) electrons. The van der Waals surface area contributed by atoms with Crippen molar-refractivity contribution in [1.29, 1.82) is 0 Å². The summed E-state index contributed by atoms with van der Waals surface area (Å²) in [6.45, 7) is 24.6. The van der Waals surface area contributed by atoms with Gasteiger partial charge in [-0.3, -0.25) is 4.79 Å². The molecule has 0 spiro atoms. The van der Waals surface area contributed by atoms with Crippen LogP contribution in [0.15, 0.2) is 5.11 Å². The third kappa shape index (κ3) is 12.2. The van der Waals surface area contributed by atoms with Gasteiger partial charge in [0.15, 0.2) is 8.32 Å². The van der Waals surface area contributed by atoms with E-state index in [4.69, 9.17) is 28.9 Å². The van der Waals surface area contributed by atoms with Gasteiger partial charge in [0, 0.05) is 41.7 Å². The van der Waals surface area contributed by atoms with Crippen LogP contribution in [0.3, 0.4) is 0 Å². The van der Waals surface area contributed by atoms with Crippen molar-refractivity contribution >= 4 is 14.3 Å². The van der Waals surface area contributed by atoms with Crippen molar-refractivity contribution < 1.29 is 33.3 Å². The maximum Gasteiger partial charge on any atom is 0.311 e. The Morgan fingerprint density at radius 3 is 2.00 bits per heavy atom. The summed E-state index contributed by atoms with van der Waals surface area (Å²) in [6.07, 6.45) is 9.59. The van der Waals surface area contributed by atoms with E-state index in [1.54, 1.807) is 0 Å². The van der Waals surface area contributed by atoms with Gasteiger partial charge in [0.05, 0.1) is 48.6 Å². The number of hydrogen-bond acceptors (Lipinski definition) is 8. The summed E-state index contributed by atoms with van der Waals surface area (Å²) in [7, 11) is -1.80. The first kappa shape index (κ1) is 43.2. The lowest BCUT2D eigenvalue weighted by Crippen LogP contribution is -2.42. The number of carbonyl (C=O) groups is 1. The topological polar surface area (TPSA) is 132 Å². The number of azide groups is 1. The zero-order valence-electron chi connectivity index (χ0n) is 33.4. The highest BCUT2D eigenvalue weighted by molar-refractivity contribution is 6.74. The number of esters is 1.